The van der Waals surface area contributed by atoms with Gasteiger partial charge in [0.25, 0.3) is 0 Å². The second kappa shape index (κ2) is 9.49. The van der Waals surface area contributed by atoms with Gasteiger partial charge in [0.1, 0.15) is 0 Å². The van der Waals surface area contributed by atoms with Crippen LogP contribution in [0.15, 0.2) is 42.5 Å². The molecule has 0 unspecified atom stereocenters. The second-order valence-electron chi connectivity index (χ2n) is 5.25. The lowest BCUT2D eigenvalue weighted by Gasteiger charge is -2.07. The zero-order valence-corrected chi connectivity index (χ0v) is 13.9. The van der Waals surface area contributed by atoms with Gasteiger partial charge in [-0.1, -0.05) is 42.5 Å². The first-order valence-electron chi connectivity index (χ1n) is 7.77. The molecule has 0 fully saturated rings. The maximum absolute atomic E-state index is 11.6. The monoisotopic (exact) mass is 316 g/mol. The number of nitrogens with one attached hydrogen (secondary N) is 2. The Balaban J connectivity index is 1.69. The van der Waals surface area contributed by atoms with E-state index in [-0.39, 0.29) is 5.91 Å². The number of hydrogen-bond acceptors (Lipinski definition) is 3. The zero-order chi connectivity index (χ0) is 15.6. The van der Waals surface area contributed by atoms with Crippen LogP contribution in [0.3, 0.4) is 0 Å². The second-order valence-corrected chi connectivity index (χ2v) is 6.35. The molecule has 3 nitrogen and oxygen atoms in total. The maximum Gasteiger partial charge on any atom is 0.220 e. The fourth-order valence-electron chi connectivity index (χ4n) is 2.38. The molecule has 2 aromatic rings. The molecular formula is C18H24N2OS. The van der Waals surface area contributed by atoms with Gasteiger partial charge < -0.3 is 10.6 Å². The van der Waals surface area contributed by atoms with Crippen molar-refractivity contribution < 1.29 is 4.79 Å². The highest BCUT2D eigenvalue weighted by Crippen LogP contribution is 2.22. The van der Waals surface area contributed by atoms with E-state index in [0.29, 0.717) is 6.42 Å². The van der Waals surface area contributed by atoms with E-state index in [9.17, 15) is 4.79 Å². The molecule has 0 spiro atoms. The predicted molar refractivity (Wildman–Crippen MR) is 96.3 cm³/mol. The number of thioether (sulfide) groups is 1. The lowest BCUT2D eigenvalue weighted by Crippen LogP contribution is -2.26. The summed E-state index contributed by atoms with van der Waals surface area (Å²) in [5.74, 6) is 2.08. The molecule has 2 aromatic carbocycles. The van der Waals surface area contributed by atoms with Crippen molar-refractivity contribution in [1.29, 1.82) is 0 Å². The number of carbonyl (C=O) groups excluding carboxylic acids is 1. The number of carbonyl (C=O) groups is 1. The quantitative estimate of drug-likeness (QED) is 0.698. The van der Waals surface area contributed by atoms with Crippen LogP contribution in [0.2, 0.25) is 0 Å². The molecule has 0 atom stereocenters. The molecule has 1 amide bonds. The van der Waals surface area contributed by atoms with E-state index in [1.165, 1.54) is 16.3 Å². The van der Waals surface area contributed by atoms with Crippen LogP contribution < -0.4 is 10.6 Å². The summed E-state index contributed by atoms with van der Waals surface area (Å²) < 4.78 is 0. The first-order chi connectivity index (χ1) is 10.8. The van der Waals surface area contributed by atoms with Gasteiger partial charge in [-0.05, 0) is 36.3 Å². The maximum atomic E-state index is 11.6. The van der Waals surface area contributed by atoms with Gasteiger partial charge in [0.05, 0.1) is 0 Å². The van der Waals surface area contributed by atoms with Crippen LogP contribution in [0.25, 0.3) is 10.8 Å². The van der Waals surface area contributed by atoms with Crippen LogP contribution in [-0.2, 0) is 10.5 Å². The molecule has 2 rings (SSSR count). The Morgan fingerprint density at radius 1 is 1.09 bits per heavy atom. The minimum atomic E-state index is 0.154. The van der Waals surface area contributed by atoms with Crippen molar-refractivity contribution in [3.05, 3.63) is 48.0 Å². The van der Waals surface area contributed by atoms with E-state index < -0.39 is 0 Å². The molecule has 0 aliphatic rings. The van der Waals surface area contributed by atoms with Crippen molar-refractivity contribution in [3.8, 4) is 0 Å². The van der Waals surface area contributed by atoms with E-state index in [1.807, 2.05) is 18.8 Å². The summed E-state index contributed by atoms with van der Waals surface area (Å²) in [6.07, 6.45) is 1.50. The van der Waals surface area contributed by atoms with Crippen molar-refractivity contribution >= 4 is 28.4 Å². The Hall–Kier alpha value is -1.52. The van der Waals surface area contributed by atoms with Crippen LogP contribution in [-0.4, -0.2) is 31.8 Å². The van der Waals surface area contributed by atoms with Crippen LogP contribution in [0.4, 0.5) is 0 Å². The third kappa shape index (κ3) is 5.35. The Morgan fingerprint density at radius 2 is 1.91 bits per heavy atom. The standard InChI is InChI=1S/C18H24N2OS/c1-19-11-5-10-18(21)20-12-13-22-14-16-8-4-7-15-6-2-3-9-17(15)16/h2-4,6-9,19H,5,10-14H2,1H3,(H,20,21). The molecule has 0 saturated carbocycles. The van der Waals surface area contributed by atoms with Crippen LogP contribution in [0, 0.1) is 0 Å². The molecule has 4 heteroatoms. The molecule has 2 N–H and O–H groups in total. The summed E-state index contributed by atoms with van der Waals surface area (Å²) in [5, 5.41) is 8.64. The number of fused-ring (bicyclic) bond motifs is 1. The van der Waals surface area contributed by atoms with Gasteiger partial charge in [0.2, 0.25) is 5.91 Å². The van der Waals surface area contributed by atoms with Crippen molar-refractivity contribution in [3.63, 3.8) is 0 Å². The summed E-state index contributed by atoms with van der Waals surface area (Å²) in [4.78, 5) is 11.6. The Morgan fingerprint density at radius 3 is 2.77 bits per heavy atom. The molecule has 22 heavy (non-hydrogen) atoms. The molecule has 0 bridgehead atoms. The molecule has 0 saturated heterocycles. The van der Waals surface area contributed by atoms with Gasteiger partial charge in [-0.25, -0.2) is 0 Å². The first kappa shape index (κ1) is 16.8. The Labute approximate surface area is 136 Å². The normalized spacial score (nSPS) is 10.8. The summed E-state index contributed by atoms with van der Waals surface area (Å²) in [5.41, 5.74) is 1.36. The van der Waals surface area contributed by atoms with Crippen molar-refractivity contribution in [2.45, 2.75) is 18.6 Å². The largest absolute Gasteiger partial charge is 0.355 e. The Kier molecular flexibility index (Phi) is 7.26. The topological polar surface area (TPSA) is 41.1 Å². The van der Waals surface area contributed by atoms with Gasteiger partial charge in [0.15, 0.2) is 0 Å². The zero-order valence-electron chi connectivity index (χ0n) is 13.1. The van der Waals surface area contributed by atoms with Gasteiger partial charge in [-0.3, -0.25) is 4.79 Å². The molecule has 0 aromatic heterocycles. The van der Waals surface area contributed by atoms with E-state index in [1.54, 1.807) is 0 Å². The lowest BCUT2D eigenvalue weighted by atomic mass is 10.1. The van der Waals surface area contributed by atoms with E-state index in [2.05, 4.69) is 53.1 Å². The average Bonchev–Trinajstić information content (AvgIpc) is 2.55. The van der Waals surface area contributed by atoms with Crippen molar-refractivity contribution in [1.82, 2.24) is 10.6 Å². The van der Waals surface area contributed by atoms with Crippen LogP contribution >= 0.6 is 11.8 Å². The third-order valence-corrected chi connectivity index (χ3v) is 4.54. The molecule has 0 heterocycles. The van der Waals surface area contributed by atoms with Gasteiger partial charge in [-0.15, -0.1) is 0 Å². The highest BCUT2D eigenvalue weighted by atomic mass is 32.2. The summed E-state index contributed by atoms with van der Waals surface area (Å²) >= 11 is 1.86. The molecular weight excluding hydrogens is 292 g/mol. The number of hydrogen-bond donors (Lipinski definition) is 2. The van der Waals surface area contributed by atoms with Crippen molar-refractivity contribution in [2.75, 3.05) is 25.9 Å². The summed E-state index contributed by atoms with van der Waals surface area (Å²) in [7, 11) is 1.90. The minimum absolute atomic E-state index is 0.154. The average molecular weight is 316 g/mol. The highest BCUT2D eigenvalue weighted by Gasteiger charge is 2.02. The highest BCUT2D eigenvalue weighted by molar-refractivity contribution is 7.98. The van der Waals surface area contributed by atoms with E-state index >= 15 is 0 Å². The van der Waals surface area contributed by atoms with Crippen LogP contribution in [0.1, 0.15) is 18.4 Å². The molecule has 0 aliphatic heterocycles. The third-order valence-electron chi connectivity index (χ3n) is 3.54. The predicted octanol–water partition coefficient (Wildman–Crippen LogP) is 3.19. The molecule has 0 aliphatic carbocycles. The first-order valence-corrected chi connectivity index (χ1v) is 8.92. The van der Waals surface area contributed by atoms with Gasteiger partial charge in [0, 0.05) is 24.5 Å². The van der Waals surface area contributed by atoms with E-state index in [4.69, 9.17) is 0 Å². The van der Waals surface area contributed by atoms with Gasteiger partial charge >= 0.3 is 0 Å². The fraction of sp³-hybridized carbons (Fsp3) is 0.389. The molecule has 118 valence electrons. The smallest absolute Gasteiger partial charge is 0.220 e. The van der Waals surface area contributed by atoms with Gasteiger partial charge in [-0.2, -0.15) is 11.8 Å². The number of amides is 1. The van der Waals surface area contributed by atoms with Crippen molar-refractivity contribution in [2.24, 2.45) is 0 Å². The SMILES string of the molecule is CNCCCC(=O)NCCSCc1cccc2ccccc12. The number of benzene rings is 2. The summed E-state index contributed by atoms with van der Waals surface area (Å²) in [6, 6.07) is 14.9. The minimum Gasteiger partial charge on any atom is -0.355 e. The lowest BCUT2D eigenvalue weighted by molar-refractivity contribution is -0.121. The Bertz CT molecular complexity index is 595. The summed E-state index contributed by atoms with van der Waals surface area (Å²) in [6.45, 7) is 1.64. The molecule has 0 radical (unpaired) electrons. The fourth-order valence-corrected chi connectivity index (χ4v) is 3.24. The van der Waals surface area contributed by atoms with E-state index in [0.717, 1.165) is 31.0 Å². The van der Waals surface area contributed by atoms with Crippen LogP contribution in [0.5, 0.6) is 0 Å². The number of rotatable bonds is 9.